The SMILES string of the molecule is CCOC(=O)C(=O)C1CCCCC1=O.CCOC(=O)C(=O)OCC.O=C1CCCCC1. The summed E-state index contributed by atoms with van der Waals surface area (Å²) < 4.78 is 13.2. The first-order chi connectivity index (χ1) is 14.8. The minimum atomic E-state index is -0.927. The number of ether oxygens (including phenoxy) is 3. The quantitative estimate of drug-likeness (QED) is 0.273. The molecule has 0 spiro atoms. The number of hydrogen-bond donors (Lipinski definition) is 0. The maximum absolute atomic E-state index is 11.4. The van der Waals surface area contributed by atoms with Crippen LogP contribution in [0.4, 0.5) is 0 Å². The Morgan fingerprint density at radius 1 is 0.677 bits per heavy atom. The van der Waals surface area contributed by atoms with Crippen LogP contribution in [0.2, 0.25) is 0 Å². The van der Waals surface area contributed by atoms with Crippen LogP contribution in [0.1, 0.15) is 78.6 Å². The Balaban J connectivity index is 0.000000463. The van der Waals surface area contributed by atoms with Crippen molar-refractivity contribution in [3.05, 3.63) is 0 Å². The molecule has 0 N–H and O–H groups in total. The van der Waals surface area contributed by atoms with Crippen LogP contribution in [-0.4, -0.2) is 55.1 Å². The molecule has 9 nitrogen and oxygen atoms in total. The molecule has 1 unspecified atom stereocenters. The van der Waals surface area contributed by atoms with Crippen LogP contribution in [0.25, 0.3) is 0 Å². The molecule has 2 aliphatic carbocycles. The molecule has 176 valence electrons. The smallest absolute Gasteiger partial charge is 0.417 e. The molecule has 2 saturated carbocycles. The van der Waals surface area contributed by atoms with E-state index in [4.69, 9.17) is 0 Å². The maximum Gasteiger partial charge on any atom is 0.417 e. The van der Waals surface area contributed by atoms with Crippen molar-refractivity contribution in [2.45, 2.75) is 78.6 Å². The number of hydrogen-bond acceptors (Lipinski definition) is 9. The third kappa shape index (κ3) is 12.7. The summed E-state index contributed by atoms with van der Waals surface area (Å²) in [5.74, 6) is -3.78. The zero-order chi connectivity index (χ0) is 23.6. The normalized spacial score (nSPS) is 17.7. The van der Waals surface area contributed by atoms with Gasteiger partial charge >= 0.3 is 17.9 Å². The first-order valence-electron chi connectivity index (χ1n) is 10.9. The fraction of sp³-hybridized carbons (Fsp3) is 0.727. The summed E-state index contributed by atoms with van der Waals surface area (Å²) in [5, 5.41) is 0. The van der Waals surface area contributed by atoms with Crippen molar-refractivity contribution in [2.24, 2.45) is 5.92 Å². The highest BCUT2D eigenvalue weighted by Gasteiger charge is 2.33. The van der Waals surface area contributed by atoms with Gasteiger partial charge in [0.1, 0.15) is 11.6 Å². The lowest BCUT2D eigenvalue weighted by Crippen LogP contribution is -2.33. The van der Waals surface area contributed by atoms with Crippen LogP contribution in [0.3, 0.4) is 0 Å². The average molecular weight is 443 g/mol. The van der Waals surface area contributed by atoms with Gasteiger partial charge in [0.2, 0.25) is 5.78 Å². The molecule has 0 aromatic carbocycles. The van der Waals surface area contributed by atoms with Gasteiger partial charge in [-0.15, -0.1) is 0 Å². The summed E-state index contributed by atoms with van der Waals surface area (Å²) >= 11 is 0. The van der Waals surface area contributed by atoms with Crippen molar-refractivity contribution in [3.63, 3.8) is 0 Å². The molecule has 31 heavy (non-hydrogen) atoms. The molecule has 0 saturated heterocycles. The first-order valence-corrected chi connectivity index (χ1v) is 10.9. The molecule has 1 atom stereocenters. The first kappa shape index (κ1) is 28.4. The van der Waals surface area contributed by atoms with E-state index < -0.39 is 29.6 Å². The zero-order valence-corrected chi connectivity index (χ0v) is 18.7. The van der Waals surface area contributed by atoms with Crippen LogP contribution in [-0.2, 0) is 43.0 Å². The lowest BCUT2D eigenvalue weighted by molar-refractivity contribution is -0.167. The summed E-state index contributed by atoms with van der Waals surface area (Å²) in [6.07, 6.45) is 7.81. The highest BCUT2D eigenvalue weighted by atomic mass is 16.6. The van der Waals surface area contributed by atoms with Gasteiger partial charge in [0.15, 0.2) is 0 Å². The molecule has 9 heteroatoms. The fourth-order valence-electron chi connectivity index (χ4n) is 2.93. The van der Waals surface area contributed by atoms with Gasteiger partial charge < -0.3 is 14.2 Å². The molecule has 2 rings (SSSR count). The van der Waals surface area contributed by atoms with Crippen LogP contribution in [0.15, 0.2) is 0 Å². The maximum atomic E-state index is 11.4. The second-order valence-electron chi connectivity index (χ2n) is 6.89. The Hall–Kier alpha value is -2.58. The Bertz CT molecular complexity index is 600. The number of Topliss-reactive ketones (excluding diaryl/α,β-unsaturated/α-hetero) is 3. The molecule has 0 heterocycles. The van der Waals surface area contributed by atoms with Gasteiger partial charge in [0.05, 0.1) is 25.7 Å². The molecule has 0 aromatic heterocycles. The second kappa shape index (κ2) is 17.1. The number of carbonyl (C=O) groups excluding carboxylic acids is 6. The van der Waals surface area contributed by atoms with Crippen LogP contribution in [0, 0.1) is 5.92 Å². The van der Waals surface area contributed by atoms with E-state index in [9.17, 15) is 28.8 Å². The lowest BCUT2D eigenvalue weighted by Gasteiger charge is -2.17. The van der Waals surface area contributed by atoms with Gasteiger partial charge in [-0.05, 0) is 46.5 Å². The van der Waals surface area contributed by atoms with Gasteiger partial charge in [0.25, 0.3) is 0 Å². The van der Waals surface area contributed by atoms with E-state index in [1.54, 1.807) is 20.8 Å². The molecule has 0 aromatic rings. The summed E-state index contributed by atoms with van der Waals surface area (Å²) in [7, 11) is 0. The van der Waals surface area contributed by atoms with Crippen molar-refractivity contribution in [1.82, 2.24) is 0 Å². The van der Waals surface area contributed by atoms with Crippen LogP contribution >= 0.6 is 0 Å². The molecular weight excluding hydrogens is 408 g/mol. The van der Waals surface area contributed by atoms with Crippen molar-refractivity contribution in [3.8, 4) is 0 Å². The largest absolute Gasteiger partial charge is 0.460 e. The third-order valence-corrected chi connectivity index (χ3v) is 4.48. The Morgan fingerprint density at radius 3 is 1.52 bits per heavy atom. The van der Waals surface area contributed by atoms with E-state index in [2.05, 4.69) is 14.2 Å². The third-order valence-electron chi connectivity index (χ3n) is 4.48. The van der Waals surface area contributed by atoms with Gasteiger partial charge in [-0.3, -0.25) is 14.4 Å². The van der Waals surface area contributed by atoms with Crippen molar-refractivity contribution in [1.29, 1.82) is 0 Å². The van der Waals surface area contributed by atoms with Crippen LogP contribution < -0.4 is 0 Å². The molecule has 0 amide bonds. The number of carbonyl (C=O) groups is 6. The molecule has 0 bridgehead atoms. The summed E-state index contributed by atoms with van der Waals surface area (Å²) in [6, 6.07) is 0. The van der Waals surface area contributed by atoms with E-state index in [1.807, 2.05) is 0 Å². The summed E-state index contributed by atoms with van der Waals surface area (Å²) in [5.41, 5.74) is 0. The molecule has 0 radical (unpaired) electrons. The van der Waals surface area contributed by atoms with E-state index in [1.165, 1.54) is 6.42 Å². The van der Waals surface area contributed by atoms with E-state index in [-0.39, 0.29) is 25.6 Å². The van der Waals surface area contributed by atoms with Crippen LogP contribution in [0.5, 0.6) is 0 Å². The number of rotatable bonds is 5. The highest BCUT2D eigenvalue weighted by Crippen LogP contribution is 2.21. The number of ketones is 3. The predicted molar refractivity (Wildman–Crippen MR) is 110 cm³/mol. The van der Waals surface area contributed by atoms with Gasteiger partial charge in [-0.25, -0.2) is 14.4 Å². The Labute approximate surface area is 183 Å². The van der Waals surface area contributed by atoms with Crippen molar-refractivity contribution in [2.75, 3.05) is 19.8 Å². The standard InChI is InChI=1S/C10H14O4.C6H10O4.C6H10O/c1-2-14-10(13)9(12)7-5-3-4-6-8(7)11;1-3-9-5(7)6(8)10-4-2;7-6-4-2-1-3-5-6/h7H,2-6H2,1H3;3-4H2,1-2H3;1-5H2. The highest BCUT2D eigenvalue weighted by molar-refractivity contribution is 6.38. The van der Waals surface area contributed by atoms with Crippen molar-refractivity contribution >= 4 is 35.3 Å². The van der Waals surface area contributed by atoms with E-state index >= 15 is 0 Å². The van der Waals surface area contributed by atoms with Crippen molar-refractivity contribution < 1.29 is 43.0 Å². The topological polar surface area (TPSA) is 130 Å². The minimum Gasteiger partial charge on any atom is -0.460 e. The lowest BCUT2D eigenvalue weighted by atomic mass is 9.85. The Morgan fingerprint density at radius 2 is 1.13 bits per heavy atom. The fourth-order valence-corrected chi connectivity index (χ4v) is 2.93. The molecule has 0 aliphatic heterocycles. The second-order valence-corrected chi connectivity index (χ2v) is 6.89. The Kier molecular flexibility index (Phi) is 15.7. The van der Waals surface area contributed by atoms with Gasteiger partial charge in [-0.2, -0.15) is 0 Å². The molecular formula is C22H34O9. The van der Waals surface area contributed by atoms with E-state index in [0.29, 0.717) is 18.6 Å². The number of esters is 3. The summed E-state index contributed by atoms with van der Waals surface area (Å²) in [4.78, 5) is 65.1. The minimum absolute atomic E-state index is 0.116. The zero-order valence-electron chi connectivity index (χ0n) is 18.7. The predicted octanol–water partition coefficient (Wildman–Crippen LogP) is 2.51. The summed E-state index contributed by atoms with van der Waals surface area (Å²) in [6.45, 7) is 5.43. The monoisotopic (exact) mass is 442 g/mol. The van der Waals surface area contributed by atoms with Gasteiger partial charge in [-0.1, -0.05) is 12.8 Å². The van der Waals surface area contributed by atoms with Gasteiger partial charge in [0, 0.05) is 19.3 Å². The molecule has 2 fully saturated rings. The average Bonchev–Trinajstić information content (AvgIpc) is 2.75. The molecule has 2 aliphatic rings. The van der Waals surface area contributed by atoms with E-state index in [0.717, 1.165) is 38.5 Å².